The van der Waals surface area contributed by atoms with Gasteiger partial charge in [-0.25, -0.2) is 15.0 Å². The maximum atomic E-state index is 5.28. The number of fused-ring (bicyclic) bond motifs is 9. The Labute approximate surface area is 373 Å². The molecule has 0 fully saturated rings. The van der Waals surface area contributed by atoms with Crippen LogP contribution in [0.3, 0.4) is 0 Å². The van der Waals surface area contributed by atoms with Gasteiger partial charge in [0.25, 0.3) is 0 Å². The average Bonchev–Trinajstić information content (AvgIpc) is 4.01. The zero-order chi connectivity index (χ0) is 42.7. The highest BCUT2D eigenvalue weighted by atomic mass is 15.0. The summed E-state index contributed by atoms with van der Waals surface area (Å²) in [5.41, 5.74) is 17.9. The molecule has 0 radical (unpaired) electrons. The van der Waals surface area contributed by atoms with Crippen LogP contribution in [-0.4, -0.2) is 24.1 Å². The first kappa shape index (κ1) is 37.8. The molecule has 3 aromatic heterocycles. The maximum absolute atomic E-state index is 5.28. The molecule has 5 nitrogen and oxygen atoms in total. The molecule has 0 N–H and O–H groups in total. The van der Waals surface area contributed by atoms with Crippen molar-refractivity contribution < 1.29 is 0 Å². The van der Waals surface area contributed by atoms with Gasteiger partial charge in [-0.1, -0.05) is 153 Å². The van der Waals surface area contributed by atoms with Gasteiger partial charge in [-0.05, 0) is 108 Å². The monoisotopic (exact) mass is 823 g/mol. The van der Waals surface area contributed by atoms with Crippen LogP contribution in [0.2, 0.25) is 0 Å². The smallest absolute Gasteiger partial charge is 0.164 e. The maximum Gasteiger partial charge on any atom is 0.164 e. The van der Waals surface area contributed by atoms with Gasteiger partial charge < -0.3 is 9.13 Å². The van der Waals surface area contributed by atoms with Crippen molar-refractivity contribution in [3.05, 3.63) is 216 Å². The van der Waals surface area contributed by atoms with Gasteiger partial charge >= 0.3 is 0 Å². The van der Waals surface area contributed by atoms with E-state index >= 15 is 0 Å². The summed E-state index contributed by atoms with van der Waals surface area (Å²) in [6, 6.07) is 58.9. The molecule has 7 aromatic carbocycles. The van der Waals surface area contributed by atoms with Crippen molar-refractivity contribution in [1.82, 2.24) is 24.1 Å². The van der Waals surface area contributed by atoms with Crippen LogP contribution in [-0.2, 0) is 12.8 Å². The third-order valence-electron chi connectivity index (χ3n) is 13.2. The van der Waals surface area contributed by atoms with Crippen molar-refractivity contribution in [2.45, 2.75) is 39.0 Å². The van der Waals surface area contributed by atoms with E-state index in [1.807, 2.05) is 18.2 Å². The van der Waals surface area contributed by atoms with Crippen LogP contribution in [0.5, 0.6) is 0 Å². The molecule has 2 aliphatic carbocycles. The zero-order valence-electron chi connectivity index (χ0n) is 35.9. The highest BCUT2D eigenvalue weighted by Crippen LogP contribution is 2.44. The van der Waals surface area contributed by atoms with E-state index in [0.29, 0.717) is 17.5 Å². The summed E-state index contributed by atoms with van der Waals surface area (Å²) >= 11 is 0. The second-order valence-electron chi connectivity index (χ2n) is 16.9. The van der Waals surface area contributed by atoms with Crippen LogP contribution < -0.4 is 0 Å². The summed E-state index contributed by atoms with van der Waals surface area (Å²) in [5, 5.41) is 3.80. The van der Waals surface area contributed by atoms with Crippen LogP contribution in [0, 0.1) is 0 Å². The summed E-state index contributed by atoms with van der Waals surface area (Å²) < 4.78 is 4.84. The van der Waals surface area contributed by atoms with E-state index in [0.717, 1.165) is 47.2 Å². The molecule has 1 atom stereocenters. The van der Waals surface area contributed by atoms with Crippen molar-refractivity contribution in [3.8, 4) is 51.0 Å². The molecule has 12 rings (SSSR count). The van der Waals surface area contributed by atoms with E-state index in [1.54, 1.807) is 0 Å². The van der Waals surface area contributed by atoms with E-state index in [2.05, 4.69) is 199 Å². The lowest BCUT2D eigenvalue weighted by molar-refractivity contribution is 0.828. The Morgan fingerprint density at radius 2 is 1.30 bits per heavy atom. The largest absolute Gasteiger partial charge is 0.310 e. The SMILES string of the molecule is C/C=C\C(=C/CC)n1c2c(c3ccccc31)CC(c1ccc3c(c1)c1ccccc1n3-c1cccc(-c3nc(-c4ccccc4)nc(-c4cccc5c4-c4ccccc4C5)n3)c1)C=C2. The molecular formula is C59H45N5. The molecular weight excluding hydrogens is 779 g/mol. The molecule has 2 aliphatic rings. The van der Waals surface area contributed by atoms with Crippen molar-refractivity contribution in [1.29, 1.82) is 0 Å². The van der Waals surface area contributed by atoms with Gasteiger partial charge in [0.1, 0.15) is 0 Å². The van der Waals surface area contributed by atoms with Gasteiger partial charge in [-0.15, -0.1) is 0 Å². The van der Waals surface area contributed by atoms with E-state index < -0.39 is 0 Å². The Morgan fingerprint density at radius 3 is 2.16 bits per heavy atom. The van der Waals surface area contributed by atoms with Gasteiger partial charge in [0, 0.05) is 55.8 Å². The fraction of sp³-hybridized carbons (Fsp3) is 0.102. The molecule has 5 heteroatoms. The third-order valence-corrected chi connectivity index (χ3v) is 13.2. The number of benzene rings is 7. The van der Waals surface area contributed by atoms with Crippen LogP contribution in [0.1, 0.15) is 54.1 Å². The fourth-order valence-corrected chi connectivity index (χ4v) is 10.3. The second-order valence-corrected chi connectivity index (χ2v) is 16.9. The number of nitrogens with zero attached hydrogens (tertiary/aromatic N) is 5. The highest BCUT2D eigenvalue weighted by Gasteiger charge is 2.26. The summed E-state index contributed by atoms with van der Waals surface area (Å²) in [5.74, 6) is 2.23. The molecule has 0 aliphatic heterocycles. The quantitative estimate of drug-likeness (QED) is 0.143. The zero-order valence-corrected chi connectivity index (χ0v) is 35.9. The lowest BCUT2D eigenvalue weighted by Crippen LogP contribution is -2.07. The summed E-state index contributed by atoms with van der Waals surface area (Å²) in [6.45, 7) is 4.30. The Kier molecular flexibility index (Phi) is 9.15. The van der Waals surface area contributed by atoms with E-state index in [9.17, 15) is 0 Å². The molecule has 0 saturated heterocycles. The van der Waals surface area contributed by atoms with Crippen molar-refractivity contribution in [3.63, 3.8) is 0 Å². The molecule has 0 spiro atoms. The Morgan fingerprint density at radius 1 is 0.609 bits per heavy atom. The first-order chi connectivity index (χ1) is 31.6. The lowest BCUT2D eigenvalue weighted by atomic mass is 9.86. The molecule has 0 saturated carbocycles. The fourth-order valence-electron chi connectivity index (χ4n) is 10.3. The van der Waals surface area contributed by atoms with E-state index in [-0.39, 0.29) is 5.92 Å². The number of rotatable bonds is 8. The number of para-hydroxylation sites is 2. The first-order valence-corrected chi connectivity index (χ1v) is 22.4. The molecule has 3 heterocycles. The molecule has 64 heavy (non-hydrogen) atoms. The molecule has 1 unspecified atom stereocenters. The van der Waals surface area contributed by atoms with Crippen molar-refractivity contribution in [2.75, 3.05) is 0 Å². The Bertz CT molecular complexity index is 3560. The predicted molar refractivity (Wildman–Crippen MR) is 266 cm³/mol. The van der Waals surface area contributed by atoms with Gasteiger partial charge in [-0.3, -0.25) is 0 Å². The van der Waals surface area contributed by atoms with Crippen LogP contribution >= 0.6 is 0 Å². The number of allylic oxidation sites excluding steroid dienone is 5. The Balaban J connectivity index is 0.961. The van der Waals surface area contributed by atoms with E-state index in [4.69, 9.17) is 15.0 Å². The van der Waals surface area contributed by atoms with E-state index in [1.165, 1.54) is 72.0 Å². The topological polar surface area (TPSA) is 48.5 Å². The number of hydrogen-bond donors (Lipinski definition) is 0. The number of hydrogen-bond acceptors (Lipinski definition) is 3. The highest BCUT2D eigenvalue weighted by molar-refractivity contribution is 6.09. The molecule has 0 amide bonds. The minimum atomic E-state index is 0.248. The molecule has 0 bridgehead atoms. The normalized spacial score (nSPS) is 14.5. The summed E-state index contributed by atoms with van der Waals surface area (Å²) in [6.07, 6.45) is 14.3. The average molecular weight is 824 g/mol. The van der Waals surface area contributed by atoms with Gasteiger partial charge in [0.05, 0.1) is 16.6 Å². The molecule has 306 valence electrons. The molecule has 10 aromatic rings. The summed E-state index contributed by atoms with van der Waals surface area (Å²) in [7, 11) is 0. The van der Waals surface area contributed by atoms with Crippen molar-refractivity contribution in [2.24, 2.45) is 0 Å². The standard InChI is InChI=1S/C59H45N5/c1-3-16-44(17-4-2)63-52-28-12-10-25-47(52)50-36-39(30-32-54(50)63)40-31-33-55-51(37-40)48-26-11-13-29-53(48)64(55)45-23-14-22-43(35-45)58-60-57(38-18-6-5-7-19-38)61-59(62-58)49-27-15-21-42-34-41-20-8-9-24-46(41)56(42)49/h3,5-33,35,37,39H,4,34,36H2,1-2H3/b16-3-,44-17+. The lowest BCUT2D eigenvalue weighted by Gasteiger charge is -2.20. The minimum Gasteiger partial charge on any atom is -0.310 e. The predicted octanol–water partition coefficient (Wildman–Crippen LogP) is 14.7. The first-order valence-electron chi connectivity index (χ1n) is 22.4. The van der Waals surface area contributed by atoms with Crippen molar-refractivity contribution >= 4 is 44.5 Å². The summed E-state index contributed by atoms with van der Waals surface area (Å²) in [4.78, 5) is 15.6. The van der Waals surface area contributed by atoms with Crippen LogP contribution in [0.25, 0.3) is 95.5 Å². The van der Waals surface area contributed by atoms with Crippen LogP contribution in [0.4, 0.5) is 0 Å². The van der Waals surface area contributed by atoms with Gasteiger partial charge in [0.2, 0.25) is 0 Å². The second kappa shape index (κ2) is 15.5. The minimum absolute atomic E-state index is 0.248. The third kappa shape index (κ3) is 6.18. The number of aromatic nitrogens is 5. The Hall–Kier alpha value is -7.89. The van der Waals surface area contributed by atoms with Crippen LogP contribution in [0.15, 0.2) is 188 Å². The van der Waals surface area contributed by atoms with Gasteiger partial charge in [-0.2, -0.15) is 0 Å². The van der Waals surface area contributed by atoms with Gasteiger partial charge in [0.15, 0.2) is 17.5 Å².